The number of urea groups is 1. The van der Waals surface area contributed by atoms with Crippen molar-refractivity contribution in [2.24, 2.45) is 0 Å². The lowest BCUT2D eigenvalue weighted by atomic mass is 10.0. The van der Waals surface area contributed by atoms with Crippen LogP contribution in [0.1, 0.15) is 12.0 Å². The largest absolute Gasteiger partial charge is 0.336 e. The Balaban J connectivity index is 1.72. The molecule has 4 nitrogen and oxygen atoms in total. The summed E-state index contributed by atoms with van der Waals surface area (Å²) in [5.41, 5.74) is 1.32. The maximum atomic E-state index is 11.3. The second-order valence-electron chi connectivity index (χ2n) is 5.12. The maximum Gasteiger partial charge on any atom is 0.315 e. The molecule has 4 heteroatoms. The first-order valence-electron chi connectivity index (χ1n) is 6.82. The predicted octanol–water partition coefficient (Wildman–Crippen LogP) is 1.50. The number of rotatable bonds is 3. The number of benzene rings is 1. The van der Waals surface area contributed by atoms with Crippen LogP contribution >= 0.6 is 0 Å². The van der Waals surface area contributed by atoms with Crippen molar-refractivity contribution < 1.29 is 4.79 Å². The molecule has 1 aromatic rings. The van der Waals surface area contributed by atoms with E-state index in [0.717, 1.165) is 19.5 Å². The minimum absolute atomic E-state index is 0.0522. The zero-order chi connectivity index (χ0) is 13.1. The van der Waals surface area contributed by atoms with E-state index >= 15 is 0 Å². The van der Waals surface area contributed by atoms with Crippen molar-refractivity contribution in [1.29, 1.82) is 0 Å². The van der Waals surface area contributed by atoms with Crippen LogP contribution in [0.2, 0.25) is 0 Å². The number of hydrogen-bond donors (Lipinski definition) is 2. The van der Waals surface area contributed by atoms with Crippen molar-refractivity contribution in [2.75, 3.05) is 13.1 Å². The van der Waals surface area contributed by atoms with Crippen LogP contribution in [0, 0.1) is 0 Å². The number of nitrogens with zero attached hydrogens (tertiary/aromatic N) is 1. The van der Waals surface area contributed by atoms with Crippen LogP contribution in [0.15, 0.2) is 42.5 Å². The van der Waals surface area contributed by atoms with Crippen LogP contribution in [0.25, 0.3) is 0 Å². The minimum Gasteiger partial charge on any atom is -0.336 e. The molecule has 1 fully saturated rings. The SMILES string of the molecule is O=C1NCC(C2C=CCCN2Cc2ccccc2)N1. The number of carbonyl (C=O) groups excluding carboxylic acids is 1. The van der Waals surface area contributed by atoms with Crippen LogP contribution < -0.4 is 10.6 Å². The third-order valence-corrected chi connectivity index (χ3v) is 3.78. The van der Waals surface area contributed by atoms with Gasteiger partial charge in [-0.25, -0.2) is 4.79 Å². The summed E-state index contributed by atoms with van der Waals surface area (Å²) < 4.78 is 0. The molecule has 2 aliphatic heterocycles. The molecular weight excluding hydrogens is 238 g/mol. The highest BCUT2D eigenvalue weighted by atomic mass is 16.2. The first-order valence-corrected chi connectivity index (χ1v) is 6.82. The fraction of sp³-hybridized carbons (Fsp3) is 0.400. The molecule has 0 aliphatic carbocycles. The van der Waals surface area contributed by atoms with Gasteiger partial charge < -0.3 is 10.6 Å². The van der Waals surface area contributed by atoms with Crippen LogP contribution in [0.4, 0.5) is 4.79 Å². The normalized spacial score (nSPS) is 27.1. The van der Waals surface area contributed by atoms with Gasteiger partial charge in [-0.2, -0.15) is 0 Å². The van der Waals surface area contributed by atoms with E-state index in [4.69, 9.17) is 0 Å². The lowest BCUT2D eigenvalue weighted by Crippen LogP contribution is -2.49. The first-order chi connectivity index (χ1) is 9.33. The molecule has 2 aliphatic rings. The average Bonchev–Trinajstić information content (AvgIpc) is 2.87. The summed E-state index contributed by atoms with van der Waals surface area (Å²) in [5, 5.41) is 5.84. The number of amides is 2. The third kappa shape index (κ3) is 2.79. The van der Waals surface area contributed by atoms with E-state index in [0.29, 0.717) is 6.54 Å². The van der Waals surface area contributed by atoms with Crippen molar-refractivity contribution in [3.05, 3.63) is 48.0 Å². The van der Waals surface area contributed by atoms with Gasteiger partial charge in [0.05, 0.1) is 12.1 Å². The van der Waals surface area contributed by atoms with Gasteiger partial charge in [-0.3, -0.25) is 4.90 Å². The van der Waals surface area contributed by atoms with Crippen molar-refractivity contribution in [2.45, 2.75) is 25.0 Å². The van der Waals surface area contributed by atoms with E-state index in [1.54, 1.807) is 0 Å². The van der Waals surface area contributed by atoms with E-state index in [9.17, 15) is 4.79 Å². The zero-order valence-electron chi connectivity index (χ0n) is 10.9. The maximum absolute atomic E-state index is 11.3. The Bertz CT molecular complexity index is 472. The molecule has 0 aromatic heterocycles. The Hall–Kier alpha value is -1.81. The van der Waals surface area contributed by atoms with E-state index in [2.05, 4.69) is 52.0 Å². The highest BCUT2D eigenvalue weighted by Crippen LogP contribution is 2.18. The molecule has 0 radical (unpaired) electrons. The van der Waals surface area contributed by atoms with Gasteiger partial charge in [0.15, 0.2) is 0 Å². The van der Waals surface area contributed by atoms with Gasteiger partial charge in [0.2, 0.25) is 0 Å². The summed E-state index contributed by atoms with van der Waals surface area (Å²) in [6, 6.07) is 10.9. The molecule has 2 N–H and O–H groups in total. The monoisotopic (exact) mass is 257 g/mol. The van der Waals surface area contributed by atoms with E-state index in [-0.39, 0.29) is 18.1 Å². The Morgan fingerprint density at radius 3 is 2.84 bits per heavy atom. The van der Waals surface area contributed by atoms with Crippen LogP contribution in [0.5, 0.6) is 0 Å². The zero-order valence-corrected chi connectivity index (χ0v) is 10.9. The summed E-state index contributed by atoms with van der Waals surface area (Å²) in [6.45, 7) is 2.68. The molecular formula is C15H19N3O. The van der Waals surface area contributed by atoms with Gasteiger partial charge in [-0.1, -0.05) is 42.5 Å². The predicted molar refractivity (Wildman–Crippen MR) is 74.7 cm³/mol. The fourth-order valence-corrected chi connectivity index (χ4v) is 2.82. The average molecular weight is 257 g/mol. The Morgan fingerprint density at radius 2 is 2.11 bits per heavy atom. The highest BCUT2D eigenvalue weighted by molar-refractivity contribution is 5.76. The molecule has 1 aromatic carbocycles. The second kappa shape index (κ2) is 5.45. The molecule has 3 rings (SSSR count). The molecule has 0 spiro atoms. The van der Waals surface area contributed by atoms with Gasteiger partial charge in [0.1, 0.15) is 0 Å². The summed E-state index contributed by atoms with van der Waals surface area (Å²) >= 11 is 0. The summed E-state index contributed by atoms with van der Waals surface area (Å²) in [6.07, 6.45) is 5.53. The molecule has 0 saturated carbocycles. The molecule has 2 heterocycles. The van der Waals surface area contributed by atoms with Crippen LogP contribution in [-0.4, -0.2) is 36.1 Å². The molecule has 2 atom stereocenters. The number of carbonyl (C=O) groups is 1. The van der Waals surface area contributed by atoms with Crippen molar-refractivity contribution in [3.63, 3.8) is 0 Å². The standard InChI is InChI=1S/C15H19N3O/c19-15-16-10-13(17-15)14-8-4-5-9-18(14)11-12-6-2-1-3-7-12/h1-4,6-8,13-14H,5,9-11H2,(H2,16,17,19). The van der Waals surface area contributed by atoms with E-state index in [1.165, 1.54) is 5.56 Å². The minimum atomic E-state index is -0.0522. The topological polar surface area (TPSA) is 44.4 Å². The first kappa shape index (κ1) is 12.2. The number of hydrogen-bond acceptors (Lipinski definition) is 2. The van der Waals surface area contributed by atoms with E-state index < -0.39 is 0 Å². The van der Waals surface area contributed by atoms with Gasteiger partial charge in [0.25, 0.3) is 0 Å². The molecule has 19 heavy (non-hydrogen) atoms. The quantitative estimate of drug-likeness (QED) is 0.806. The van der Waals surface area contributed by atoms with Crippen LogP contribution in [-0.2, 0) is 6.54 Å². The van der Waals surface area contributed by atoms with Crippen molar-refractivity contribution in [1.82, 2.24) is 15.5 Å². The Kier molecular flexibility index (Phi) is 3.51. The smallest absolute Gasteiger partial charge is 0.315 e. The summed E-state index contributed by atoms with van der Waals surface area (Å²) in [5.74, 6) is 0. The van der Waals surface area contributed by atoms with Gasteiger partial charge in [0, 0.05) is 19.6 Å². The van der Waals surface area contributed by atoms with Crippen LogP contribution in [0.3, 0.4) is 0 Å². The summed E-state index contributed by atoms with van der Waals surface area (Å²) in [4.78, 5) is 13.7. The third-order valence-electron chi connectivity index (χ3n) is 3.78. The fourth-order valence-electron chi connectivity index (χ4n) is 2.82. The second-order valence-corrected chi connectivity index (χ2v) is 5.12. The number of nitrogens with one attached hydrogen (secondary N) is 2. The molecule has 1 saturated heterocycles. The van der Waals surface area contributed by atoms with E-state index in [1.807, 2.05) is 6.07 Å². The molecule has 0 bridgehead atoms. The molecule has 100 valence electrons. The highest BCUT2D eigenvalue weighted by Gasteiger charge is 2.31. The Morgan fingerprint density at radius 1 is 1.26 bits per heavy atom. The molecule has 2 unspecified atom stereocenters. The Labute approximate surface area is 113 Å². The lowest BCUT2D eigenvalue weighted by molar-refractivity contribution is 0.186. The van der Waals surface area contributed by atoms with Crippen molar-refractivity contribution in [3.8, 4) is 0 Å². The lowest BCUT2D eigenvalue weighted by Gasteiger charge is -2.35. The van der Waals surface area contributed by atoms with Gasteiger partial charge in [-0.05, 0) is 12.0 Å². The summed E-state index contributed by atoms with van der Waals surface area (Å²) in [7, 11) is 0. The van der Waals surface area contributed by atoms with Crippen molar-refractivity contribution >= 4 is 6.03 Å². The molecule has 2 amide bonds. The van der Waals surface area contributed by atoms with Gasteiger partial charge >= 0.3 is 6.03 Å². The van der Waals surface area contributed by atoms with Gasteiger partial charge in [-0.15, -0.1) is 0 Å².